The molecule has 0 radical (unpaired) electrons. The van der Waals surface area contributed by atoms with Crippen molar-refractivity contribution in [1.82, 2.24) is 5.32 Å². The summed E-state index contributed by atoms with van der Waals surface area (Å²) >= 11 is 0. The molecule has 0 aliphatic carbocycles. The first kappa shape index (κ1) is 16.1. The lowest BCUT2D eigenvalue weighted by Crippen LogP contribution is -2.48. The van der Waals surface area contributed by atoms with Gasteiger partial charge < -0.3 is 10.1 Å². The van der Waals surface area contributed by atoms with Crippen LogP contribution in [0.2, 0.25) is 0 Å². The molecule has 1 unspecified atom stereocenters. The Bertz CT molecular complexity index is 997. The van der Waals surface area contributed by atoms with Crippen molar-refractivity contribution in [3.8, 4) is 11.1 Å². The molecule has 0 saturated heterocycles. The smallest absolute Gasteiger partial charge is 0.341 e. The van der Waals surface area contributed by atoms with Crippen molar-refractivity contribution in [1.29, 1.82) is 0 Å². The number of carbonyl (C=O) groups excluding carboxylic acids is 2. The molecule has 3 aromatic rings. The fraction of sp³-hybridized carbons (Fsp3) is 0.0909. The van der Waals surface area contributed by atoms with Crippen LogP contribution in [0.4, 0.5) is 0 Å². The van der Waals surface area contributed by atoms with Gasteiger partial charge in [0, 0.05) is 11.1 Å². The summed E-state index contributed by atoms with van der Waals surface area (Å²) in [5, 5.41) is 2.87. The van der Waals surface area contributed by atoms with E-state index in [-0.39, 0.29) is 5.91 Å². The number of hydrogen-bond acceptors (Lipinski definition) is 3. The third-order valence-corrected chi connectivity index (χ3v) is 4.77. The van der Waals surface area contributed by atoms with Crippen LogP contribution in [0.15, 0.2) is 78.9 Å². The van der Waals surface area contributed by atoms with Crippen LogP contribution < -0.4 is 5.32 Å². The zero-order valence-electron chi connectivity index (χ0n) is 14.2. The molecule has 0 bridgehead atoms. The lowest BCUT2D eigenvalue weighted by molar-refractivity contribution is -0.146. The molecule has 0 aromatic heterocycles. The van der Waals surface area contributed by atoms with Crippen LogP contribution in [-0.2, 0) is 15.1 Å². The van der Waals surface area contributed by atoms with Gasteiger partial charge in [-0.1, -0.05) is 66.7 Å². The molecule has 1 amide bonds. The minimum absolute atomic E-state index is 0.281. The Kier molecular flexibility index (Phi) is 3.81. The Hall–Kier alpha value is -3.40. The SMILES string of the molecule is COC(=O)C1(c2cccc(-c3ccccc3)c2)NC(=O)c2ccccc21. The van der Waals surface area contributed by atoms with E-state index < -0.39 is 11.5 Å². The standard InChI is InChI=1S/C22H17NO3/c1-26-21(25)22(19-13-6-5-12-18(19)20(24)23-22)17-11-7-10-16(14-17)15-8-3-2-4-9-15/h2-14H,1H3,(H,23,24). The highest BCUT2D eigenvalue weighted by Gasteiger charge is 2.51. The van der Waals surface area contributed by atoms with Gasteiger partial charge >= 0.3 is 5.97 Å². The van der Waals surface area contributed by atoms with E-state index in [1.807, 2.05) is 60.7 Å². The van der Waals surface area contributed by atoms with Gasteiger partial charge in [0.1, 0.15) is 0 Å². The fourth-order valence-corrected chi connectivity index (χ4v) is 3.54. The van der Waals surface area contributed by atoms with Crippen LogP contribution in [0.1, 0.15) is 21.5 Å². The van der Waals surface area contributed by atoms with Gasteiger partial charge in [0.2, 0.25) is 0 Å². The molecule has 1 N–H and O–H groups in total. The van der Waals surface area contributed by atoms with Crippen LogP contribution in [-0.4, -0.2) is 19.0 Å². The lowest BCUT2D eigenvalue weighted by atomic mass is 9.82. The summed E-state index contributed by atoms with van der Waals surface area (Å²) < 4.78 is 5.09. The van der Waals surface area contributed by atoms with E-state index in [4.69, 9.17) is 4.74 Å². The van der Waals surface area contributed by atoms with Crippen LogP contribution in [0.25, 0.3) is 11.1 Å². The number of esters is 1. The van der Waals surface area contributed by atoms with Crippen LogP contribution in [0, 0.1) is 0 Å². The molecule has 1 aliphatic heterocycles. The van der Waals surface area contributed by atoms with Crippen LogP contribution in [0.3, 0.4) is 0 Å². The Morgan fingerprint density at radius 3 is 2.35 bits per heavy atom. The van der Waals surface area contributed by atoms with Gasteiger partial charge in [-0.15, -0.1) is 0 Å². The maximum Gasteiger partial charge on any atom is 0.341 e. The first-order valence-corrected chi connectivity index (χ1v) is 8.33. The molecule has 26 heavy (non-hydrogen) atoms. The van der Waals surface area contributed by atoms with Crippen molar-refractivity contribution in [3.63, 3.8) is 0 Å². The molecule has 1 heterocycles. The summed E-state index contributed by atoms with van der Waals surface area (Å²) in [7, 11) is 1.33. The predicted molar refractivity (Wildman–Crippen MR) is 98.6 cm³/mol. The first-order valence-electron chi connectivity index (χ1n) is 8.33. The zero-order chi connectivity index (χ0) is 18.1. The van der Waals surface area contributed by atoms with E-state index in [0.29, 0.717) is 16.7 Å². The average Bonchev–Trinajstić information content (AvgIpc) is 3.02. The van der Waals surface area contributed by atoms with Gasteiger partial charge in [-0.05, 0) is 28.8 Å². The normalized spacial score (nSPS) is 18.1. The number of rotatable bonds is 3. The van der Waals surface area contributed by atoms with Crippen LogP contribution >= 0.6 is 0 Å². The molecule has 0 spiro atoms. The molecule has 4 rings (SSSR count). The average molecular weight is 343 g/mol. The molecule has 1 atom stereocenters. The molecule has 1 aliphatic rings. The van der Waals surface area contributed by atoms with Gasteiger partial charge in [-0.3, -0.25) is 4.79 Å². The highest BCUT2D eigenvalue weighted by Crippen LogP contribution is 2.39. The van der Waals surface area contributed by atoms with Crippen molar-refractivity contribution >= 4 is 11.9 Å². The second-order valence-corrected chi connectivity index (χ2v) is 6.19. The second-order valence-electron chi connectivity index (χ2n) is 6.19. The molecular weight excluding hydrogens is 326 g/mol. The highest BCUT2D eigenvalue weighted by atomic mass is 16.5. The largest absolute Gasteiger partial charge is 0.467 e. The number of ether oxygens (including phenoxy) is 1. The number of hydrogen-bond donors (Lipinski definition) is 1. The summed E-state index contributed by atoms with van der Waals surface area (Å²) in [5.74, 6) is -0.794. The Morgan fingerprint density at radius 2 is 1.58 bits per heavy atom. The maximum atomic E-state index is 12.9. The van der Waals surface area contributed by atoms with Gasteiger partial charge in [-0.2, -0.15) is 0 Å². The summed E-state index contributed by atoms with van der Waals surface area (Å²) in [5.41, 5.74) is 2.43. The Labute approximate surface area is 151 Å². The number of methoxy groups -OCH3 is 1. The third-order valence-electron chi connectivity index (χ3n) is 4.77. The predicted octanol–water partition coefficient (Wildman–Crippen LogP) is 3.51. The molecule has 0 fully saturated rings. The van der Waals surface area contributed by atoms with Crippen molar-refractivity contribution in [2.75, 3.05) is 7.11 Å². The lowest BCUT2D eigenvalue weighted by Gasteiger charge is -2.28. The second kappa shape index (κ2) is 6.15. The third kappa shape index (κ3) is 2.30. The number of benzene rings is 3. The van der Waals surface area contributed by atoms with Gasteiger partial charge in [-0.25, -0.2) is 4.79 Å². The van der Waals surface area contributed by atoms with Gasteiger partial charge in [0.25, 0.3) is 5.91 Å². The molecular formula is C22H17NO3. The zero-order valence-corrected chi connectivity index (χ0v) is 14.2. The molecule has 4 nitrogen and oxygen atoms in total. The maximum absolute atomic E-state index is 12.9. The van der Waals surface area contributed by atoms with E-state index >= 15 is 0 Å². The minimum Gasteiger partial charge on any atom is -0.467 e. The van der Waals surface area contributed by atoms with Gasteiger partial charge in [0.05, 0.1) is 7.11 Å². The van der Waals surface area contributed by atoms with Crippen molar-refractivity contribution in [3.05, 3.63) is 95.6 Å². The van der Waals surface area contributed by atoms with Gasteiger partial charge in [0.15, 0.2) is 5.54 Å². The van der Waals surface area contributed by atoms with Crippen molar-refractivity contribution < 1.29 is 14.3 Å². The minimum atomic E-state index is -1.34. The quantitative estimate of drug-likeness (QED) is 0.741. The van der Waals surface area contributed by atoms with Crippen LogP contribution in [0.5, 0.6) is 0 Å². The number of fused-ring (bicyclic) bond motifs is 1. The molecule has 3 aromatic carbocycles. The summed E-state index contributed by atoms with van der Waals surface area (Å²) in [6.07, 6.45) is 0. The topological polar surface area (TPSA) is 55.4 Å². The fourth-order valence-electron chi connectivity index (χ4n) is 3.54. The van der Waals surface area contributed by atoms with Crippen molar-refractivity contribution in [2.45, 2.75) is 5.54 Å². The molecule has 128 valence electrons. The van der Waals surface area contributed by atoms with E-state index in [0.717, 1.165) is 11.1 Å². The number of amides is 1. The first-order chi connectivity index (χ1) is 12.7. The summed E-state index contributed by atoms with van der Waals surface area (Å²) in [6.45, 7) is 0. The van der Waals surface area contributed by atoms with E-state index in [1.54, 1.807) is 18.2 Å². The monoisotopic (exact) mass is 343 g/mol. The number of carbonyl (C=O) groups is 2. The molecule has 0 saturated carbocycles. The highest BCUT2D eigenvalue weighted by molar-refractivity contribution is 6.07. The van der Waals surface area contributed by atoms with Crippen molar-refractivity contribution in [2.24, 2.45) is 0 Å². The van der Waals surface area contributed by atoms with E-state index in [2.05, 4.69) is 5.32 Å². The molecule has 4 heteroatoms. The van der Waals surface area contributed by atoms with E-state index in [9.17, 15) is 9.59 Å². The summed E-state index contributed by atoms with van der Waals surface area (Å²) in [6, 6.07) is 24.6. The Morgan fingerprint density at radius 1 is 0.885 bits per heavy atom. The summed E-state index contributed by atoms with van der Waals surface area (Å²) in [4.78, 5) is 25.4. The van der Waals surface area contributed by atoms with E-state index in [1.165, 1.54) is 7.11 Å². The number of nitrogens with one attached hydrogen (secondary N) is 1. The Balaban J connectivity index is 1.94.